The van der Waals surface area contributed by atoms with Crippen molar-refractivity contribution in [2.75, 3.05) is 10.8 Å². The highest BCUT2D eigenvalue weighted by molar-refractivity contribution is 7.92. The molecule has 1 saturated carbocycles. The average Bonchev–Trinajstić information content (AvgIpc) is 2.97. The van der Waals surface area contributed by atoms with Crippen LogP contribution < -0.4 is 9.62 Å². The second-order valence-electron chi connectivity index (χ2n) is 11.2. The third-order valence-corrected chi connectivity index (χ3v) is 10.2. The van der Waals surface area contributed by atoms with Crippen molar-refractivity contribution in [3.05, 3.63) is 94.0 Å². The summed E-state index contributed by atoms with van der Waals surface area (Å²) in [6, 6.07) is 18.2. The molecule has 2 amide bonds. The first-order chi connectivity index (χ1) is 20.0. The number of rotatable bonds is 10. The summed E-state index contributed by atoms with van der Waals surface area (Å²) in [4.78, 5) is 29.1. The molecule has 1 fully saturated rings. The van der Waals surface area contributed by atoms with Crippen LogP contribution in [-0.2, 0) is 26.2 Å². The van der Waals surface area contributed by atoms with Crippen molar-refractivity contribution in [3.63, 3.8) is 0 Å². The van der Waals surface area contributed by atoms with E-state index >= 15 is 0 Å². The number of carbonyl (C=O) groups excluding carboxylic acids is 2. The van der Waals surface area contributed by atoms with Crippen LogP contribution in [-0.4, -0.2) is 43.8 Å². The van der Waals surface area contributed by atoms with Gasteiger partial charge in [-0.05, 0) is 87.6 Å². The molecule has 0 spiro atoms. The summed E-state index contributed by atoms with van der Waals surface area (Å²) in [6.45, 7) is 6.99. The Morgan fingerprint density at radius 1 is 0.929 bits per heavy atom. The number of sulfonamides is 1. The lowest BCUT2D eigenvalue weighted by Gasteiger charge is -2.33. The van der Waals surface area contributed by atoms with Gasteiger partial charge in [-0.1, -0.05) is 72.8 Å². The van der Waals surface area contributed by atoms with Crippen molar-refractivity contribution in [2.24, 2.45) is 0 Å². The van der Waals surface area contributed by atoms with Crippen LogP contribution in [0.3, 0.4) is 0 Å². The minimum absolute atomic E-state index is 0.0586. The minimum atomic E-state index is -4.12. The Kier molecular flexibility index (Phi) is 10.3. The van der Waals surface area contributed by atoms with Gasteiger partial charge in [0.25, 0.3) is 10.0 Å². The normalized spacial score (nSPS) is 14.7. The summed E-state index contributed by atoms with van der Waals surface area (Å²) in [6.07, 6.45) is 5.09. The van der Waals surface area contributed by atoms with Crippen LogP contribution in [0.15, 0.2) is 71.6 Å². The van der Waals surface area contributed by atoms with Gasteiger partial charge in [-0.25, -0.2) is 8.42 Å². The van der Waals surface area contributed by atoms with Crippen molar-refractivity contribution in [2.45, 2.75) is 83.3 Å². The van der Waals surface area contributed by atoms with Gasteiger partial charge in [0, 0.05) is 17.6 Å². The van der Waals surface area contributed by atoms with E-state index in [9.17, 15) is 18.0 Å². The van der Waals surface area contributed by atoms with Gasteiger partial charge < -0.3 is 10.2 Å². The lowest BCUT2D eigenvalue weighted by atomic mass is 9.95. The molecule has 7 nitrogen and oxygen atoms in total. The third-order valence-electron chi connectivity index (χ3n) is 8.08. The van der Waals surface area contributed by atoms with E-state index in [4.69, 9.17) is 11.6 Å². The van der Waals surface area contributed by atoms with Crippen LogP contribution in [0.2, 0.25) is 5.02 Å². The molecule has 1 unspecified atom stereocenters. The molecule has 1 aliphatic carbocycles. The summed E-state index contributed by atoms with van der Waals surface area (Å²) in [5, 5.41) is 3.58. The number of nitrogens with zero attached hydrogens (tertiary/aromatic N) is 2. The second-order valence-corrected chi connectivity index (χ2v) is 13.5. The van der Waals surface area contributed by atoms with Crippen molar-refractivity contribution < 1.29 is 18.0 Å². The number of anilines is 1. The molecule has 1 N–H and O–H groups in total. The summed E-state index contributed by atoms with van der Waals surface area (Å²) in [7, 11) is -4.12. The molecule has 0 heterocycles. The second kappa shape index (κ2) is 13.7. The standard InChI is InChI=1S/C33H40ClN3O4S/c1-23-14-18-30(19-15-23)42(40,41)37(29-17-16-24(2)25(3)20-29)22-32(38)36(21-27-10-8-9-13-31(27)34)26(4)33(39)35-28-11-6-5-7-12-28/h8-10,13-20,26,28H,5-7,11-12,21-22H2,1-4H3,(H,35,39). The zero-order chi connectivity index (χ0) is 30.4. The number of amides is 2. The summed E-state index contributed by atoms with van der Waals surface area (Å²) in [5.41, 5.74) is 3.88. The van der Waals surface area contributed by atoms with E-state index in [1.165, 1.54) is 4.90 Å². The van der Waals surface area contributed by atoms with Crippen molar-refractivity contribution in [1.29, 1.82) is 0 Å². The number of benzene rings is 3. The minimum Gasteiger partial charge on any atom is -0.352 e. The van der Waals surface area contributed by atoms with Crippen molar-refractivity contribution in [1.82, 2.24) is 10.2 Å². The van der Waals surface area contributed by atoms with Crippen LogP contribution in [0.25, 0.3) is 0 Å². The van der Waals surface area contributed by atoms with Gasteiger partial charge >= 0.3 is 0 Å². The fraction of sp³-hybridized carbons (Fsp3) is 0.394. The van der Waals surface area contributed by atoms with E-state index in [1.54, 1.807) is 61.5 Å². The molecular weight excluding hydrogens is 570 g/mol. The SMILES string of the molecule is Cc1ccc(S(=O)(=O)N(CC(=O)N(Cc2ccccc2Cl)C(C)C(=O)NC2CCCCC2)c2ccc(C)c(C)c2)cc1. The van der Waals surface area contributed by atoms with E-state index in [0.717, 1.165) is 53.1 Å². The highest BCUT2D eigenvalue weighted by Gasteiger charge is 2.33. The molecule has 3 aromatic rings. The lowest BCUT2D eigenvalue weighted by molar-refractivity contribution is -0.139. The third kappa shape index (κ3) is 7.53. The van der Waals surface area contributed by atoms with Crippen molar-refractivity contribution >= 4 is 39.1 Å². The van der Waals surface area contributed by atoms with Crippen LogP contribution in [0.1, 0.15) is 61.3 Å². The number of aryl methyl sites for hydroxylation is 3. The first kappa shape index (κ1) is 31.6. The van der Waals surface area contributed by atoms with E-state index < -0.39 is 28.5 Å². The van der Waals surface area contributed by atoms with E-state index in [0.29, 0.717) is 16.3 Å². The molecule has 4 rings (SSSR count). The van der Waals surface area contributed by atoms with Gasteiger partial charge in [0.1, 0.15) is 12.6 Å². The lowest BCUT2D eigenvalue weighted by Crippen LogP contribution is -2.53. The maximum Gasteiger partial charge on any atom is 0.264 e. The average molecular weight is 610 g/mol. The Hall–Kier alpha value is -3.36. The molecule has 0 aromatic heterocycles. The van der Waals surface area contributed by atoms with Crippen LogP contribution >= 0.6 is 11.6 Å². The van der Waals surface area contributed by atoms with E-state index in [1.807, 2.05) is 32.9 Å². The summed E-state index contributed by atoms with van der Waals surface area (Å²) in [5.74, 6) is -0.767. The van der Waals surface area contributed by atoms with Crippen LogP contribution in [0.4, 0.5) is 5.69 Å². The quantitative estimate of drug-likeness (QED) is 0.291. The smallest absolute Gasteiger partial charge is 0.264 e. The van der Waals surface area contributed by atoms with E-state index in [-0.39, 0.29) is 23.4 Å². The molecule has 0 bridgehead atoms. The molecule has 0 radical (unpaired) electrons. The van der Waals surface area contributed by atoms with Gasteiger partial charge in [0.15, 0.2) is 0 Å². The molecule has 0 aliphatic heterocycles. The predicted molar refractivity (Wildman–Crippen MR) is 168 cm³/mol. The maximum absolute atomic E-state index is 14.2. The highest BCUT2D eigenvalue weighted by Crippen LogP contribution is 2.27. The fourth-order valence-electron chi connectivity index (χ4n) is 5.21. The first-order valence-corrected chi connectivity index (χ1v) is 16.3. The number of carbonyl (C=O) groups is 2. The highest BCUT2D eigenvalue weighted by atomic mass is 35.5. The van der Waals surface area contributed by atoms with Gasteiger partial charge in [-0.2, -0.15) is 0 Å². The van der Waals surface area contributed by atoms with E-state index in [2.05, 4.69) is 5.32 Å². The number of hydrogen-bond acceptors (Lipinski definition) is 4. The molecule has 0 saturated heterocycles. The monoisotopic (exact) mass is 609 g/mol. The molecule has 1 aliphatic rings. The Bertz CT molecular complexity index is 1520. The molecule has 42 heavy (non-hydrogen) atoms. The molecule has 224 valence electrons. The van der Waals surface area contributed by atoms with Gasteiger partial charge in [0.2, 0.25) is 11.8 Å². The topological polar surface area (TPSA) is 86.8 Å². The zero-order valence-corrected chi connectivity index (χ0v) is 26.3. The fourth-order valence-corrected chi connectivity index (χ4v) is 6.81. The largest absolute Gasteiger partial charge is 0.352 e. The zero-order valence-electron chi connectivity index (χ0n) is 24.8. The number of nitrogens with one attached hydrogen (secondary N) is 1. The number of hydrogen-bond donors (Lipinski definition) is 1. The molecular formula is C33H40ClN3O4S. The molecule has 1 atom stereocenters. The van der Waals surface area contributed by atoms with Crippen molar-refractivity contribution in [3.8, 4) is 0 Å². The molecule has 9 heteroatoms. The van der Waals surface area contributed by atoms with Crippen LogP contribution in [0.5, 0.6) is 0 Å². The summed E-state index contributed by atoms with van der Waals surface area (Å²) < 4.78 is 29.2. The maximum atomic E-state index is 14.2. The van der Waals surface area contributed by atoms with Gasteiger partial charge in [-0.3, -0.25) is 13.9 Å². The Labute approximate surface area is 254 Å². The first-order valence-electron chi connectivity index (χ1n) is 14.5. The Morgan fingerprint density at radius 2 is 1.60 bits per heavy atom. The predicted octanol–water partition coefficient (Wildman–Crippen LogP) is 6.33. The Morgan fingerprint density at radius 3 is 2.24 bits per heavy atom. The van der Waals surface area contributed by atoms with Gasteiger partial charge in [-0.15, -0.1) is 0 Å². The van der Waals surface area contributed by atoms with Crippen LogP contribution in [0, 0.1) is 20.8 Å². The summed E-state index contributed by atoms with van der Waals surface area (Å²) >= 11 is 6.47. The molecule has 3 aromatic carbocycles. The van der Waals surface area contributed by atoms with Gasteiger partial charge in [0.05, 0.1) is 10.6 Å². The Balaban J connectivity index is 1.70. The number of halogens is 1.